The van der Waals surface area contributed by atoms with Crippen LogP contribution >= 0.6 is 11.3 Å². The lowest BCUT2D eigenvalue weighted by molar-refractivity contribution is -0.150. The van der Waals surface area contributed by atoms with Crippen LogP contribution in [0.5, 0.6) is 5.88 Å². The van der Waals surface area contributed by atoms with Crippen molar-refractivity contribution in [3.63, 3.8) is 0 Å². The summed E-state index contributed by atoms with van der Waals surface area (Å²) in [6, 6.07) is 4.70. The number of hydrogen-bond donors (Lipinski definition) is 3. The molecule has 0 saturated carbocycles. The predicted molar refractivity (Wildman–Crippen MR) is 147 cm³/mol. The Kier molecular flexibility index (Phi) is 7.78. The normalized spacial score (nSPS) is 18.6. The van der Waals surface area contributed by atoms with Gasteiger partial charge in [-0.05, 0) is 49.8 Å². The molecule has 4 rings (SSSR count). The first kappa shape index (κ1) is 28.2. The van der Waals surface area contributed by atoms with Gasteiger partial charge in [0.25, 0.3) is 0 Å². The quantitative estimate of drug-likeness (QED) is 0.418. The van der Waals surface area contributed by atoms with Gasteiger partial charge in [0, 0.05) is 18.2 Å². The van der Waals surface area contributed by atoms with E-state index < -0.39 is 47.0 Å². The Morgan fingerprint density at radius 3 is 2.49 bits per heavy atom. The van der Waals surface area contributed by atoms with Crippen LogP contribution in [0.4, 0.5) is 4.79 Å². The summed E-state index contributed by atoms with van der Waals surface area (Å²) in [5.41, 5.74) is -0.608. The number of urea groups is 1. The number of carboxylic acids is 1. The zero-order valence-corrected chi connectivity index (χ0v) is 23.7. The number of thiophene rings is 1. The summed E-state index contributed by atoms with van der Waals surface area (Å²) in [6.45, 7) is 11.0. The summed E-state index contributed by atoms with van der Waals surface area (Å²) in [7, 11) is 0. The maximum atomic E-state index is 13.7. The first-order valence-corrected chi connectivity index (χ1v) is 13.6. The average molecular weight is 555 g/mol. The van der Waals surface area contributed by atoms with E-state index in [1.807, 2.05) is 59.1 Å². The van der Waals surface area contributed by atoms with Crippen molar-refractivity contribution in [2.75, 3.05) is 6.54 Å². The molecule has 1 fully saturated rings. The second-order valence-electron chi connectivity index (χ2n) is 11.7. The number of rotatable bonds is 6. The standard InChI is InChI=1S/C27H34N6O5S/c1-26(2,3)19(29-25(37)32-27(4,5)6)23(34)33-14-15(13-18(33)24(35)36)38-21-16-10-12-39-22(16)31-20(30-21)17-9-7-8-11-28-17/h7-12,15,18-19H,13-14H2,1-6H3,(H,35,36)(H2,29,32,37). The van der Waals surface area contributed by atoms with Gasteiger partial charge in [0.2, 0.25) is 11.8 Å². The smallest absolute Gasteiger partial charge is 0.326 e. The van der Waals surface area contributed by atoms with Gasteiger partial charge in [-0.3, -0.25) is 9.78 Å². The number of hydrogen-bond acceptors (Lipinski definition) is 8. The van der Waals surface area contributed by atoms with E-state index in [0.29, 0.717) is 27.6 Å². The second kappa shape index (κ2) is 10.8. The number of ether oxygens (including phenoxy) is 1. The van der Waals surface area contributed by atoms with Crippen LogP contribution in [-0.2, 0) is 9.59 Å². The molecule has 1 aliphatic rings. The molecule has 0 aliphatic carbocycles. The maximum Gasteiger partial charge on any atom is 0.326 e. The van der Waals surface area contributed by atoms with Gasteiger partial charge in [-0.2, -0.15) is 4.98 Å². The summed E-state index contributed by atoms with van der Waals surface area (Å²) < 4.78 is 6.25. The maximum absolute atomic E-state index is 13.7. The van der Waals surface area contributed by atoms with Crippen molar-refractivity contribution in [1.82, 2.24) is 30.5 Å². The molecule has 3 atom stereocenters. The number of fused-ring (bicyclic) bond motifs is 1. The lowest BCUT2D eigenvalue weighted by Crippen LogP contribution is -2.60. The lowest BCUT2D eigenvalue weighted by Gasteiger charge is -2.35. The van der Waals surface area contributed by atoms with Crippen LogP contribution in [0.3, 0.4) is 0 Å². The Balaban J connectivity index is 1.59. The van der Waals surface area contributed by atoms with Crippen LogP contribution in [0, 0.1) is 5.41 Å². The number of carbonyl (C=O) groups is 3. The number of aromatic nitrogens is 3. The Bertz CT molecular complexity index is 1360. The molecule has 1 aliphatic heterocycles. The molecule has 3 aromatic heterocycles. The molecule has 1 saturated heterocycles. The van der Waals surface area contributed by atoms with Crippen LogP contribution in [0.15, 0.2) is 35.8 Å². The monoisotopic (exact) mass is 554 g/mol. The van der Waals surface area contributed by atoms with Gasteiger partial charge in [-0.15, -0.1) is 11.3 Å². The molecule has 0 spiro atoms. The zero-order chi connectivity index (χ0) is 28.5. The number of likely N-dealkylation sites (tertiary alicyclic amines) is 1. The molecular formula is C27H34N6O5S. The summed E-state index contributed by atoms with van der Waals surface area (Å²) in [5.74, 6) is -0.926. The molecule has 208 valence electrons. The van der Waals surface area contributed by atoms with Gasteiger partial charge >= 0.3 is 12.0 Å². The molecule has 0 radical (unpaired) electrons. The predicted octanol–water partition coefficient (Wildman–Crippen LogP) is 3.70. The van der Waals surface area contributed by atoms with E-state index in [1.165, 1.54) is 16.2 Å². The number of carbonyl (C=O) groups excluding carboxylic acids is 2. The van der Waals surface area contributed by atoms with E-state index in [1.54, 1.807) is 18.3 Å². The summed E-state index contributed by atoms with van der Waals surface area (Å²) in [5, 5.41) is 18.1. The fourth-order valence-electron chi connectivity index (χ4n) is 4.37. The Hall–Kier alpha value is -3.80. The molecule has 0 aromatic carbocycles. The lowest BCUT2D eigenvalue weighted by atomic mass is 9.85. The molecule has 3 aromatic rings. The number of nitrogens with one attached hydrogen (secondary N) is 2. The minimum Gasteiger partial charge on any atom is -0.480 e. The molecule has 0 bridgehead atoms. The van der Waals surface area contributed by atoms with E-state index in [2.05, 4.69) is 25.6 Å². The number of carboxylic acid groups (broad SMARTS) is 1. The van der Waals surface area contributed by atoms with Gasteiger partial charge in [-0.1, -0.05) is 26.8 Å². The minimum absolute atomic E-state index is 0.0273. The van der Waals surface area contributed by atoms with Crippen molar-refractivity contribution in [3.8, 4) is 17.4 Å². The van der Waals surface area contributed by atoms with Crippen LogP contribution in [0.25, 0.3) is 21.7 Å². The SMILES string of the molecule is CC(C)(C)NC(=O)NC(C(=O)N1CC(Oc2nc(-c3ccccn3)nc3sccc23)CC1C(=O)O)C(C)(C)C. The third-order valence-electron chi connectivity index (χ3n) is 6.17. The highest BCUT2D eigenvalue weighted by atomic mass is 32.1. The fraction of sp³-hybridized carbons (Fsp3) is 0.481. The van der Waals surface area contributed by atoms with Gasteiger partial charge < -0.3 is 25.4 Å². The van der Waals surface area contributed by atoms with Crippen molar-refractivity contribution in [2.24, 2.45) is 5.41 Å². The number of aliphatic carboxylic acids is 1. The van der Waals surface area contributed by atoms with E-state index in [0.717, 1.165) is 0 Å². The number of nitrogens with zero attached hydrogens (tertiary/aromatic N) is 4. The molecule has 4 heterocycles. The number of pyridine rings is 1. The van der Waals surface area contributed by atoms with Gasteiger partial charge in [0.05, 0.1) is 11.9 Å². The third kappa shape index (κ3) is 6.62. The van der Waals surface area contributed by atoms with Crippen LogP contribution in [-0.4, -0.2) is 73.1 Å². The first-order valence-electron chi connectivity index (χ1n) is 12.7. The Morgan fingerprint density at radius 2 is 1.87 bits per heavy atom. The van der Waals surface area contributed by atoms with E-state index in [4.69, 9.17) is 4.74 Å². The van der Waals surface area contributed by atoms with Crippen molar-refractivity contribution in [3.05, 3.63) is 35.8 Å². The first-order chi connectivity index (χ1) is 18.2. The zero-order valence-electron chi connectivity index (χ0n) is 22.9. The van der Waals surface area contributed by atoms with Crippen molar-refractivity contribution < 1.29 is 24.2 Å². The minimum atomic E-state index is -1.14. The molecule has 39 heavy (non-hydrogen) atoms. The molecule has 3 amide bonds. The van der Waals surface area contributed by atoms with Gasteiger partial charge in [-0.25, -0.2) is 14.6 Å². The third-order valence-corrected chi connectivity index (χ3v) is 6.98. The Morgan fingerprint density at radius 1 is 1.13 bits per heavy atom. The van der Waals surface area contributed by atoms with Gasteiger partial charge in [0.15, 0.2) is 5.82 Å². The summed E-state index contributed by atoms with van der Waals surface area (Å²) in [4.78, 5) is 54.1. The van der Waals surface area contributed by atoms with E-state index in [-0.39, 0.29) is 13.0 Å². The average Bonchev–Trinajstić information content (AvgIpc) is 3.48. The highest BCUT2D eigenvalue weighted by Crippen LogP contribution is 2.33. The molecule has 11 nitrogen and oxygen atoms in total. The van der Waals surface area contributed by atoms with Crippen LogP contribution < -0.4 is 15.4 Å². The molecule has 12 heteroatoms. The second-order valence-corrected chi connectivity index (χ2v) is 12.6. The topological polar surface area (TPSA) is 147 Å². The Labute approximate surface area is 231 Å². The van der Waals surface area contributed by atoms with Gasteiger partial charge in [0.1, 0.15) is 28.7 Å². The van der Waals surface area contributed by atoms with Crippen LogP contribution in [0.2, 0.25) is 0 Å². The van der Waals surface area contributed by atoms with E-state index >= 15 is 0 Å². The molecule has 3 unspecified atom stereocenters. The summed E-state index contributed by atoms with van der Waals surface area (Å²) in [6.07, 6.45) is 1.09. The van der Waals surface area contributed by atoms with Crippen molar-refractivity contribution in [2.45, 2.75) is 71.7 Å². The summed E-state index contributed by atoms with van der Waals surface area (Å²) >= 11 is 1.43. The van der Waals surface area contributed by atoms with E-state index in [9.17, 15) is 19.5 Å². The number of amides is 3. The van der Waals surface area contributed by atoms with Crippen LogP contribution in [0.1, 0.15) is 48.0 Å². The fourth-order valence-corrected chi connectivity index (χ4v) is 5.12. The largest absolute Gasteiger partial charge is 0.480 e. The molecule has 3 N–H and O–H groups in total. The van der Waals surface area contributed by atoms with Crippen molar-refractivity contribution in [1.29, 1.82) is 0 Å². The van der Waals surface area contributed by atoms with Crippen molar-refractivity contribution >= 4 is 39.5 Å². The highest BCUT2D eigenvalue weighted by molar-refractivity contribution is 7.16. The molecular weight excluding hydrogens is 520 g/mol. The highest BCUT2D eigenvalue weighted by Gasteiger charge is 2.46.